The minimum atomic E-state index is -0.286. The van der Waals surface area contributed by atoms with Gasteiger partial charge in [-0.15, -0.1) is 0 Å². The zero-order valence-corrected chi connectivity index (χ0v) is 10.1. The largest absolute Gasteiger partial charge is 0.237 e. The van der Waals surface area contributed by atoms with Crippen LogP contribution in [0.2, 0.25) is 0 Å². The second-order valence-corrected chi connectivity index (χ2v) is 4.14. The molecule has 0 N–H and O–H groups in total. The topological polar surface area (TPSA) is 25.8 Å². The normalized spacial score (nSPS) is 10.4. The van der Waals surface area contributed by atoms with E-state index in [-0.39, 0.29) is 5.82 Å². The number of benzene rings is 2. The van der Waals surface area contributed by atoms with Crippen LogP contribution in [0, 0.1) is 5.82 Å². The number of hydrogen-bond acceptors (Lipinski definition) is 2. The Morgan fingerprint density at radius 2 is 1.58 bits per heavy atom. The van der Waals surface area contributed by atoms with Crippen LogP contribution in [0.1, 0.15) is 0 Å². The molecule has 0 aliphatic carbocycles. The molecule has 0 saturated carbocycles. The minimum absolute atomic E-state index is 0.286. The molecule has 0 radical (unpaired) electrons. The highest BCUT2D eigenvalue weighted by molar-refractivity contribution is 5.63. The van der Waals surface area contributed by atoms with E-state index in [2.05, 4.69) is 9.97 Å². The van der Waals surface area contributed by atoms with E-state index in [0.29, 0.717) is 11.4 Å². The van der Waals surface area contributed by atoms with Crippen LogP contribution < -0.4 is 0 Å². The summed E-state index contributed by atoms with van der Waals surface area (Å²) in [6.07, 6.45) is 1.69. The second-order valence-electron chi connectivity index (χ2n) is 4.14. The Morgan fingerprint density at radius 3 is 2.37 bits per heavy atom. The maximum atomic E-state index is 13.2. The van der Waals surface area contributed by atoms with Gasteiger partial charge in [0.25, 0.3) is 0 Å². The Hall–Kier alpha value is -2.55. The van der Waals surface area contributed by atoms with Crippen molar-refractivity contribution in [1.82, 2.24) is 9.97 Å². The van der Waals surface area contributed by atoms with E-state index < -0.39 is 0 Å². The van der Waals surface area contributed by atoms with E-state index in [0.717, 1.165) is 11.3 Å². The summed E-state index contributed by atoms with van der Waals surface area (Å²) >= 11 is 0. The van der Waals surface area contributed by atoms with Crippen LogP contribution in [0.3, 0.4) is 0 Å². The van der Waals surface area contributed by atoms with E-state index >= 15 is 0 Å². The predicted octanol–water partition coefficient (Wildman–Crippen LogP) is 3.95. The molecule has 1 heterocycles. The first-order chi connectivity index (χ1) is 9.33. The highest BCUT2D eigenvalue weighted by Gasteiger charge is 2.05. The molecule has 0 aliphatic rings. The summed E-state index contributed by atoms with van der Waals surface area (Å²) in [4.78, 5) is 8.68. The molecule has 92 valence electrons. The van der Waals surface area contributed by atoms with Crippen LogP contribution in [0.4, 0.5) is 4.39 Å². The molecule has 0 bridgehead atoms. The Bertz CT molecular complexity index is 696. The first-order valence-corrected chi connectivity index (χ1v) is 5.97. The SMILES string of the molecule is Fc1cccc(-c2nccc(-c3ccccc3)n2)c1. The van der Waals surface area contributed by atoms with Crippen LogP contribution in [0.15, 0.2) is 66.9 Å². The Balaban J connectivity index is 2.06. The van der Waals surface area contributed by atoms with E-state index in [1.165, 1.54) is 12.1 Å². The molecule has 3 rings (SSSR count). The molecule has 2 nitrogen and oxygen atoms in total. The summed E-state index contributed by atoms with van der Waals surface area (Å²) in [5, 5.41) is 0. The standard InChI is InChI=1S/C16H11FN2/c17-14-8-4-7-13(11-14)16-18-10-9-15(19-16)12-5-2-1-3-6-12/h1-11H. The van der Waals surface area contributed by atoms with Gasteiger partial charge in [0.05, 0.1) is 5.69 Å². The van der Waals surface area contributed by atoms with Crippen molar-refractivity contribution in [3.05, 3.63) is 72.7 Å². The maximum absolute atomic E-state index is 13.2. The summed E-state index contributed by atoms with van der Waals surface area (Å²) < 4.78 is 13.2. The zero-order chi connectivity index (χ0) is 13.1. The van der Waals surface area contributed by atoms with Gasteiger partial charge < -0.3 is 0 Å². The van der Waals surface area contributed by atoms with Crippen LogP contribution in [0.5, 0.6) is 0 Å². The Labute approximate surface area is 110 Å². The molecule has 0 saturated heterocycles. The lowest BCUT2D eigenvalue weighted by Crippen LogP contribution is -1.91. The lowest BCUT2D eigenvalue weighted by Gasteiger charge is -2.04. The first kappa shape index (κ1) is 11.5. The van der Waals surface area contributed by atoms with Crippen molar-refractivity contribution in [2.24, 2.45) is 0 Å². The summed E-state index contributed by atoms with van der Waals surface area (Å²) in [5.74, 6) is 0.243. The van der Waals surface area contributed by atoms with E-state index in [4.69, 9.17) is 0 Å². The summed E-state index contributed by atoms with van der Waals surface area (Å²) in [5.41, 5.74) is 2.52. The van der Waals surface area contributed by atoms with Crippen LogP contribution >= 0.6 is 0 Å². The van der Waals surface area contributed by atoms with E-state index in [1.807, 2.05) is 36.4 Å². The van der Waals surface area contributed by atoms with Crippen molar-refractivity contribution < 1.29 is 4.39 Å². The molecule has 1 aromatic heterocycles. The smallest absolute Gasteiger partial charge is 0.159 e. The van der Waals surface area contributed by atoms with Gasteiger partial charge in [0.1, 0.15) is 5.82 Å². The van der Waals surface area contributed by atoms with Gasteiger partial charge in [-0.2, -0.15) is 0 Å². The fraction of sp³-hybridized carbons (Fsp3) is 0. The molecule has 2 aromatic carbocycles. The maximum Gasteiger partial charge on any atom is 0.159 e. The van der Waals surface area contributed by atoms with Crippen molar-refractivity contribution in [1.29, 1.82) is 0 Å². The number of rotatable bonds is 2. The average Bonchev–Trinajstić information content (AvgIpc) is 2.48. The molecule has 0 unspecified atom stereocenters. The quantitative estimate of drug-likeness (QED) is 0.688. The number of nitrogens with zero attached hydrogens (tertiary/aromatic N) is 2. The first-order valence-electron chi connectivity index (χ1n) is 5.97. The lowest BCUT2D eigenvalue weighted by molar-refractivity contribution is 0.628. The van der Waals surface area contributed by atoms with Crippen LogP contribution in [-0.4, -0.2) is 9.97 Å². The van der Waals surface area contributed by atoms with Gasteiger partial charge in [-0.3, -0.25) is 0 Å². The third kappa shape index (κ3) is 2.50. The molecule has 0 fully saturated rings. The van der Waals surface area contributed by atoms with Crippen LogP contribution in [0.25, 0.3) is 22.6 Å². The number of halogens is 1. The molecular formula is C16H11FN2. The molecule has 0 aliphatic heterocycles. The minimum Gasteiger partial charge on any atom is -0.237 e. The van der Waals surface area contributed by atoms with Crippen molar-refractivity contribution in [2.75, 3.05) is 0 Å². The second kappa shape index (κ2) is 4.98. The predicted molar refractivity (Wildman–Crippen MR) is 72.9 cm³/mol. The van der Waals surface area contributed by atoms with Gasteiger partial charge in [-0.05, 0) is 18.2 Å². The molecule has 19 heavy (non-hydrogen) atoms. The monoisotopic (exact) mass is 250 g/mol. The molecule has 0 amide bonds. The van der Waals surface area contributed by atoms with Gasteiger partial charge in [-0.1, -0.05) is 42.5 Å². The fourth-order valence-corrected chi connectivity index (χ4v) is 1.90. The molecular weight excluding hydrogens is 239 g/mol. The molecule has 0 atom stereocenters. The molecule has 3 heteroatoms. The number of aromatic nitrogens is 2. The Kier molecular flexibility index (Phi) is 3.02. The van der Waals surface area contributed by atoms with Gasteiger partial charge in [0, 0.05) is 17.3 Å². The lowest BCUT2D eigenvalue weighted by atomic mass is 10.1. The van der Waals surface area contributed by atoms with Gasteiger partial charge in [-0.25, -0.2) is 14.4 Å². The fourth-order valence-electron chi connectivity index (χ4n) is 1.90. The molecule has 3 aromatic rings. The number of hydrogen-bond donors (Lipinski definition) is 0. The summed E-state index contributed by atoms with van der Waals surface area (Å²) in [6.45, 7) is 0. The summed E-state index contributed by atoms with van der Waals surface area (Å²) in [6, 6.07) is 18.0. The van der Waals surface area contributed by atoms with Crippen molar-refractivity contribution in [2.45, 2.75) is 0 Å². The van der Waals surface area contributed by atoms with Gasteiger partial charge >= 0.3 is 0 Å². The van der Waals surface area contributed by atoms with Gasteiger partial charge in [0.15, 0.2) is 5.82 Å². The van der Waals surface area contributed by atoms with Crippen molar-refractivity contribution in [3.8, 4) is 22.6 Å². The van der Waals surface area contributed by atoms with E-state index in [1.54, 1.807) is 18.3 Å². The molecule has 0 spiro atoms. The van der Waals surface area contributed by atoms with Crippen molar-refractivity contribution >= 4 is 0 Å². The average molecular weight is 250 g/mol. The third-order valence-electron chi connectivity index (χ3n) is 2.81. The van der Waals surface area contributed by atoms with E-state index in [9.17, 15) is 4.39 Å². The van der Waals surface area contributed by atoms with Crippen molar-refractivity contribution in [3.63, 3.8) is 0 Å². The highest BCUT2D eigenvalue weighted by atomic mass is 19.1. The zero-order valence-electron chi connectivity index (χ0n) is 10.1. The van der Waals surface area contributed by atoms with Gasteiger partial charge in [0.2, 0.25) is 0 Å². The highest BCUT2D eigenvalue weighted by Crippen LogP contribution is 2.20. The third-order valence-corrected chi connectivity index (χ3v) is 2.81. The van der Waals surface area contributed by atoms with Crippen LogP contribution in [-0.2, 0) is 0 Å². The Morgan fingerprint density at radius 1 is 0.789 bits per heavy atom. The summed E-state index contributed by atoms with van der Waals surface area (Å²) in [7, 11) is 0.